The van der Waals surface area contributed by atoms with Gasteiger partial charge in [0, 0.05) is 22.6 Å². The molecule has 1 amide bonds. The number of aryl methyl sites for hydroxylation is 1. The van der Waals surface area contributed by atoms with Crippen molar-refractivity contribution in [1.82, 2.24) is 10.2 Å². The number of aromatic hydroxyl groups is 1. The van der Waals surface area contributed by atoms with Crippen molar-refractivity contribution in [1.29, 1.82) is 0 Å². The second-order valence-electron chi connectivity index (χ2n) is 13.5. The number of fused-ring (bicyclic) bond motifs is 1. The van der Waals surface area contributed by atoms with Crippen molar-refractivity contribution >= 4 is 57.1 Å². The van der Waals surface area contributed by atoms with Gasteiger partial charge in [-0.15, -0.1) is 10.2 Å². The number of phenolic OH excluding ortho intramolecular Hbond substituents is 1. The van der Waals surface area contributed by atoms with Gasteiger partial charge < -0.3 is 24.6 Å². The predicted molar refractivity (Wildman–Crippen MR) is 220 cm³/mol. The van der Waals surface area contributed by atoms with Gasteiger partial charge in [0.1, 0.15) is 22.3 Å². The molecule has 0 radical (unpaired) electrons. The highest BCUT2D eigenvalue weighted by atomic mass is 32.2. The molecule has 4 aromatic carbocycles. The van der Waals surface area contributed by atoms with Crippen LogP contribution in [0.3, 0.4) is 0 Å². The van der Waals surface area contributed by atoms with E-state index in [4.69, 9.17) is 9.47 Å². The Hall–Kier alpha value is -5.21. The molecular formula is C42H48N4O8S2. The van der Waals surface area contributed by atoms with Crippen LogP contribution in [0, 0.1) is 17.0 Å². The minimum absolute atomic E-state index is 0.0163. The topological polar surface area (TPSA) is 163 Å². The molecule has 0 aliphatic rings. The molecule has 0 saturated heterocycles. The fourth-order valence-electron chi connectivity index (χ4n) is 6.12. The molecule has 1 heterocycles. The number of nitro benzene ring substituents is 1. The fraction of sp³-hybridized carbons (Fsp3) is 0.381. The van der Waals surface area contributed by atoms with E-state index in [1.807, 2.05) is 25.1 Å². The number of carbonyl (C=O) groups is 2. The first-order chi connectivity index (χ1) is 27.2. The number of methoxy groups -OCH3 is 1. The van der Waals surface area contributed by atoms with Crippen molar-refractivity contribution in [3.8, 4) is 23.0 Å². The van der Waals surface area contributed by atoms with Crippen LogP contribution in [0.5, 0.6) is 23.0 Å². The van der Waals surface area contributed by atoms with E-state index in [9.17, 15) is 24.8 Å². The van der Waals surface area contributed by atoms with Gasteiger partial charge in [0.05, 0.1) is 36.3 Å². The lowest BCUT2D eigenvalue weighted by Crippen LogP contribution is -2.14. The van der Waals surface area contributed by atoms with E-state index in [2.05, 4.69) is 27.2 Å². The molecule has 0 atom stereocenters. The molecule has 0 bridgehead atoms. The zero-order valence-corrected chi connectivity index (χ0v) is 33.6. The Morgan fingerprint density at radius 3 is 2.29 bits per heavy atom. The standard InChI is InChI=1S/C42H48N4O8S2/c1-4-5-6-7-8-9-10-11-12-15-22-53-35-20-18-28(2)23-33(35)43-41(49)32-25-37(30-16-13-14-17-31(30)40(32)48)54-36-21-19-29(24-34(36)46(50)51)27-55-42-45-44-38(56-42)26-39(47)52-3/h13-14,16-21,23-25,48H,4-12,15,22,26-27H2,1-3H3,(H,43,49). The number of nitrogens with one attached hydrogen (secondary N) is 1. The average Bonchev–Trinajstić information content (AvgIpc) is 3.65. The molecule has 1 aromatic heterocycles. The largest absolute Gasteiger partial charge is 0.506 e. The number of unbranched alkanes of at least 4 members (excludes halogenated alkanes) is 9. The number of anilines is 1. The molecule has 56 heavy (non-hydrogen) atoms. The van der Waals surface area contributed by atoms with Crippen molar-refractivity contribution in [2.45, 2.75) is 94.6 Å². The average molecular weight is 801 g/mol. The van der Waals surface area contributed by atoms with Gasteiger partial charge >= 0.3 is 11.7 Å². The molecular weight excluding hydrogens is 753 g/mol. The molecule has 0 aliphatic carbocycles. The van der Waals surface area contributed by atoms with Gasteiger partial charge in [-0.05, 0) is 48.7 Å². The third kappa shape index (κ3) is 11.9. The molecule has 0 aliphatic heterocycles. The summed E-state index contributed by atoms with van der Waals surface area (Å²) in [6.07, 6.45) is 12.2. The summed E-state index contributed by atoms with van der Waals surface area (Å²) in [5.74, 6) is -0.271. The lowest BCUT2D eigenvalue weighted by molar-refractivity contribution is -0.385. The Bertz CT molecular complexity index is 2120. The minimum Gasteiger partial charge on any atom is -0.506 e. The Kier molecular flexibility index (Phi) is 15.9. The van der Waals surface area contributed by atoms with E-state index >= 15 is 0 Å². The number of esters is 1. The van der Waals surface area contributed by atoms with Crippen molar-refractivity contribution < 1.29 is 33.8 Å². The number of rotatable bonds is 22. The summed E-state index contributed by atoms with van der Waals surface area (Å²) in [6, 6.07) is 18.4. The summed E-state index contributed by atoms with van der Waals surface area (Å²) >= 11 is 2.58. The lowest BCUT2D eigenvalue weighted by Gasteiger charge is -2.16. The number of amides is 1. The van der Waals surface area contributed by atoms with Crippen molar-refractivity contribution in [3.63, 3.8) is 0 Å². The molecule has 5 rings (SSSR count). The zero-order chi connectivity index (χ0) is 39.9. The molecule has 2 N–H and O–H groups in total. The fourth-order valence-corrected chi connectivity index (χ4v) is 7.95. The highest BCUT2D eigenvalue weighted by molar-refractivity contribution is 8.00. The number of hydrogen-bond donors (Lipinski definition) is 2. The number of thioether (sulfide) groups is 1. The minimum atomic E-state index is -0.596. The van der Waals surface area contributed by atoms with Crippen LogP contribution in [0.15, 0.2) is 71.1 Å². The van der Waals surface area contributed by atoms with Gasteiger partial charge in [-0.2, -0.15) is 0 Å². The summed E-state index contributed by atoms with van der Waals surface area (Å²) in [5, 5.41) is 35.9. The van der Waals surface area contributed by atoms with Crippen LogP contribution in [0.4, 0.5) is 11.4 Å². The molecule has 5 aromatic rings. The highest BCUT2D eigenvalue weighted by Crippen LogP contribution is 2.41. The second kappa shape index (κ2) is 21.2. The van der Waals surface area contributed by atoms with E-state index in [0.29, 0.717) is 49.5 Å². The quantitative estimate of drug-likeness (QED) is 0.0225. The second-order valence-corrected chi connectivity index (χ2v) is 15.7. The lowest BCUT2D eigenvalue weighted by atomic mass is 10.0. The number of nitro groups is 1. The third-order valence-corrected chi connectivity index (χ3v) is 11.3. The Labute approximate surface area is 335 Å². The molecule has 0 unspecified atom stereocenters. The smallest absolute Gasteiger partial charge is 0.312 e. The normalized spacial score (nSPS) is 11.1. The monoisotopic (exact) mass is 800 g/mol. The summed E-state index contributed by atoms with van der Waals surface area (Å²) in [5.41, 5.74) is 1.67. The SMILES string of the molecule is CCCCCCCCCCCCOc1ccc(C)cc1NC(=O)c1cc(Oc2ccc(CSc3nnc(CC(=O)OC)s3)cc2[N+](=O)[O-])c2ccccc2c1O. The molecule has 0 fully saturated rings. The van der Waals surface area contributed by atoms with Gasteiger partial charge in [-0.1, -0.05) is 124 Å². The van der Waals surface area contributed by atoms with Crippen LogP contribution in [0.1, 0.15) is 97.6 Å². The van der Waals surface area contributed by atoms with Crippen LogP contribution in [0.2, 0.25) is 0 Å². The Morgan fingerprint density at radius 2 is 1.57 bits per heavy atom. The van der Waals surface area contributed by atoms with Crippen LogP contribution >= 0.6 is 23.1 Å². The van der Waals surface area contributed by atoms with Gasteiger partial charge in [0.15, 0.2) is 4.34 Å². The summed E-state index contributed by atoms with van der Waals surface area (Å²) < 4.78 is 17.6. The number of benzene rings is 4. The zero-order valence-electron chi connectivity index (χ0n) is 32.0. The van der Waals surface area contributed by atoms with Crippen LogP contribution in [-0.2, 0) is 21.7 Å². The van der Waals surface area contributed by atoms with Gasteiger partial charge in [0.25, 0.3) is 5.91 Å². The maximum atomic E-state index is 13.9. The number of aromatic nitrogens is 2. The van der Waals surface area contributed by atoms with E-state index in [0.717, 1.165) is 18.4 Å². The summed E-state index contributed by atoms with van der Waals surface area (Å²) in [7, 11) is 1.30. The summed E-state index contributed by atoms with van der Waals surface area (Å²) in [4.78, 5) is 37.1. The van der Waals surface area contributed by atoms with Crippen molar-refractivity contribution in [3.05, 3.63) is 98.5 Å². The van der Waals surface area contributed by atoms with Gasteiger partial charge in [0.2, 0.25) is 5.75 Å². The maximum Gasteiger partial charge on any atom is 0.312 e. The number of nitrogens with zero attached hydrogens (tertiary/aromatic N) is 3. The van der Waals surface area contributed by atoms with Crippen LogP contribution < -0.4 is 14.8 Å². The molecule has 0 spiro atoms. The predicted octanol–water partition coefficient (Wildman–Crippen LogP) is 11.0. The first-order valence-electron chi connectivity index (χ1n) is 18.9. The highest BCUT2D eigenvalue weighted by Gasteiger charge is 2.23. The number of ether oxygens (including phenoxy) is 3. The molecule has 0 saturated carbocycles. The van der Waals surface area contributed by atoms with Gasteiger partial charge in [-0.25, -0.2) is 0 Å². The van der Waals surface area contributed by atoms with E-state index < -0.39 is 16.8 Å². The first kappa shape index (κ1) is 41.9. The van der Waals surface area contributed by atoms with Crippen LogP contribution in [-0.4, -0.2) is 45.8 Å². The van der Waals surface area contributed by atoms with E-state index in [-0.39, 0.29) is 34.9 Å². The number of carbonyl (C=O) groups excluding carboxylic acids is 2. The van der Waals surface area contributed by atoms with E-state index in [1.165, 1.54) is 99.8 Å². The Morgan fingerprint density at radius 1 is 0.875 bits per heavy atom. The maximum absolute atomic E-state index is 13.9. The third-order valence-electron chi connectivity index (χ3n) is 9.14. The van der Waals surface area contributed by atoms with Crippen molar-refractivity contribution in [2.24, 2.45) is 0 Å². The molecule has 12 nitrogen and oxygen atoms in total. The summed E-state index contributed by atoms with van der Waals surface area (Å²) in [6.45, 7) is 4.66. The Balaban J connectivity index is 1.28. The van der Waals surface area contributed by atoms with E-state index in [1.54, 1.807) is 30.3 Å². The first-order valence-corrected chi connectivity index (χ1v) is 20.7. The van der Waals surface area contributed by atoms with Gasteiger partial charge in [-0.3, -0.25) is 19.7 Å². The van der Waals surface area contributed by atoms with Crippen molar-refractivity contribution in [2.75, 3.05) is 19.0 Å². The molecule has 296 valence electrons. The molecule has 14 heteroatoms. The number of hydrogen-bond acceptors (Lipinski definition) is 12. The number of phenols is 1. The van der Waals surface area contributed by atoms with Crippen LogP contribution in [0.25, 0.3) is 10.8 Å².